The number of aliphatic hydroxyl groups is 1. The first-order chi connectivity index (χ1) is 7.66. The second-order valence-electron chi connectivity index (χ2n) is 4.33. The highest BCUT2D eigenvalue weighted by atomic mass is 32.1. The van der Waals surface area contributed by atoms with Crippen LogP contribution >= 0.6 is 11.3 Å². The molecule has 0 unspecified atom stereocenters. The van der Waals surface area contributed by atoms with Gasteiger partial charge < -0.3 is 10.0 Å². The number of carbonyl (C=O) groups excluding carboxylic acids is 1. The van der Waals surface area contributed by atoms with Crippen LogP contribution in [0.2, 0.25) is 0 Å². The second-order valence-corrected chi connectivity index (χ2v) is 5.33. The number of nitrogens with zero attached hydrogens (tertiary/aromatic N) is 1. The van der Waals surface area contributed by atoms with Crippen LogP contribution in [-0.4, -0.2) is 35.1 Å². The Labute approximate surface area is 99.7 Å². The molecule has 1 aromatic rings. The molecule has 1 amide bonds. The second kappa shape index (κ2) is 4.97. The van der Waals surface area contributed by atoms with Crippen LogP contribution in [0.25, 0.3) is 0 Å². The maximum Gasteiger partial charge on any atom is 0.222 e. The minimum atomic E-state index is -0.288. The molecular formula is C12H17NO2S. The molecule has 1 N–H and O–H groups in total. The summed E-state index contributed by atoms with van der Waals surface area (Å²) in [6.07, 6.45) is 2.21. The molecule has 88 valence electrons. The number of carbonyl (C=O) groups is 1. The minimum absolute atomic E-state index is 0.180. The largest absolute Gasteiger partial charge is 0.389 e. The molecular weight excluding hydrogens is 222 g/mol. The van der Waals surface area contributed by atoms with Crippen molar-refractivity contribution in [3.63, 3.8) is 0 Å². The summed E-state index contributed by atoms with van der Waals surface area (Å²) >= 11 is 1.76. The molecule has 0 spiro atoms. The van der Waals surface area contributed by atoms with Crippen molar-refractivity contribution in [1.82, 2.24) is 4.90 Å². The molecule has 1 fully saturated rings. The van der Waals surface area contributed by atoms with Gasteiger partial charge in [0.2, 0.25) is 5.91 Å². The standard InChI is InChI=1S/C12H17NO2S/c1-9-5-6-16-11(9)3-2-4-12(15)13-7-10(14)8-13/h5-6,10,14H,2-4,7-8H2,1H3. The fraction of sp³-hybridized carbons (Fsp3) is 0.583. The van der Waals surface area contributed by atoms with Gasteiger partial charge in [-0.3, -0.25) is 4.79 Å². The summed E-state index contributed by atoms with van der Waals surface area (Å²) in [5, 5.41) is 11.2. The Kier molecular flexibility index (Phi) is 3.61. The lowest BCUT2D eigenvalue weighted by Gasteiger charge is -2.35. The Balaban J connectivity index is 1.68. The zero-order valence-corrected chi connectivity index (χ0v) is 10.3. The van der Waals surface area contributed by atoms with Crippen LogP contribution in [0.4, 0.5) is 0 Å². The van der Waals surface area contributed by atoms with Crippen LogP contribution in [0.15, 0.2) is 11.4 Å². The maximum absolute atomic E-state index is 11.6. The van der Waals surface area contributed by atoms with Gasteiger partial charge >= 0.3 is 0 Å². The summed E-state index contributed by atoms with van der Waals surface area (Å²) in [5.41, 5.74) is 1.33. The van der Waals surface area contributed by atoms with Crippen molar-refractivity contribution in [3.8, 4) is 0 Å². The Morgan fingerprint density at radius 3 is 2.94 bits per heavy atom. The lowest BCUT2D eigenvalue weighted by molar-refractivity contribution is -0.141. The molecule has 1 aliphatic rings. The van der Waals surface area contributed by atoms with E-state index >= 15 is 0 Å². The molecule has 2 heterocycles. The van der Waals surface area contributed by atoms with E-state index in [1.165, 1.54) is 10.4 Å². The van der Waals surface area contributed by atoms with Gasteiger partial charge in [0.05, 0.1) is 6.10 Å². The number of thiophene rings is 1. The first kappa shape index (κ1) is 11.6. The summed E-state index contributed by atoms with van der Waals surface area (Å²) < 4.78 is 0. The third kappa shape index (κ3) is 2.62. The van der Waals surface area contributed by atoms with Crippen molar-refractivity contribution < 1.29 is 9.90 Å². The van der Waals surface area contributed by atoms with Crippen LogP contribution in [0.3, 0.4) is 0 Å². The molecule has 0 bridgehead atoms. The van der Waals surface area contributed by atoms with E-state index in [0.29, 0.717) is 19.5 Å². The molecule has 3 nitrogen and oxygen atoms in total. The number of β-amino-alcohol motifs (C(OH)–C–C–N with tert-alkyl or cyclic N) is 1. The Morgan fingerprint density at radius 2 is 2.38 bits per heavy atom. The lowest BCUT2D eigenvalue weighted by atomic mass is 10.1. The molecule has 2 rings (SSSR count). The maximum atomic E-state index is 11.6. The molecule has 0 aliphatic carbocycles. The third-order valence-corrected chi connectivity index (χ3v) is 4.06. The number of amides is 1. The van der Waals surface area contributed by atoms with Gasteiger partial charge in [-0.2, -0.15) is 0 Å². The van der Waals surface area contributed by atoms with E-state index in [-0.39, 0.29) is 12.0 Å². The van der Waals surface area contributed by atoms with Crippen molar-refractivity contribution in [3.05, 3.63) is 21.9 Å². The van der Waals surface area contributed by atoms with Crippen LogP contribution in [0.5, 0.6) is 0 Å². The molecule has 4 heteroatoms. The van der Waals surface area contributed by atoms with Gasteiger partial charge in [0.25, 0.3) is 0 Å². The smallest absolute Gasteiger partial charge is 0.222 e. The fourth-order valence-corrected chi connectivity index (χ4v) is 2.83. The molecule has 0 atom stereocenters. The van der Waals surface area contributed by atoms with Gasteiger partial charge in [-0.1, -0.05) is 0 Å². The van der Waals surface area contributed by atoms with Crippen molar-refractivity contribution in [2.75, 3.05) is 13.1 Å². The monoisotopic (exact) mass is 239 g/mol. The highest BCUT2D eigenvalue weighted by Gasteiger charge is 2.27. The summed E-state index contributed by atoms with van der Waals surface area (Å²) in [6.45, 7) is 3.16. The van der Waals surface area contributed by atoms with Gasteiger partial charge in [-0.05, 0) is 36.8 Å². The molecule has 0 saturated carbocycles. The minimum Gasteiger partial charge on any atom is -0.389 e. The van der Waals surface area contributed by atoms with Crippen LogP contribution in [0.1, 0.15) is 23.3 Å². The van der Waals surface area contributed by atoms with Gasteiger partial charge in [0, 0.05) is 24.4 Å². The average molecular weight is 239 g/mol. The number of aliphatic hydroxyl groups excluding tert-OH is 1. The van der Waals surface area contributed by atoms with Crippen molar-refractivity contribution >= 4 is 17.2 Å². The van der Waals surface area contributed by atoms with Crippen molar-refractivity contribution in [2.24, 2.45) is 0 Å². The quantitative estimate of drug-likeness (QED) is 0.866. The number of aryl methyl sites for hydroxylation is 2. The Hall–Kier alpha value is -0.870. The molecule has 0 radical (unpaired) electrons. The topological polar surface area (TPSA) is 40.5 Å². The predicted octanol–water partition coefficient (Wildman–Crippen LogP) is 1.58. The van der Waals surface area contributed by atoms with E-state index in [4.69, 9.17) is 5.11 Å². The van der Waals surface area contributed by atoms with E-state index < -0.39 is 0 Å². The van der Waals surface area contributed by atoms with E-state index in [2.05, 4.69) is 18.4 Å². The normalized spacial score (nSPS) is 16.2. The zero-order chi connectivity index (χ0) is 11.5. The first-order valence-corrected chi connectivity index (χ1v) is 6.53. The summed E-state index contributed by atoms with van der Waals surface area (Å²) in [4.78, 5) is 14.7. The molecule has 1 saturated heterocycles. The number of hydrogen-bond acceptors (Lipinski definition) is 3. The van der Waals surface area contributed by atoms with Gasteiger partial charge in [0.1, 0.15) is 0 Å². The third-order valence-electron chi connectivity index (χ3n) is 2.98. The van der Waals surface area contributed by atoms with E-state index in [9.17, 15) is 4.79 Å². The summed E-state index contributed by atoms with van der Waals surface area (Å²) in [5.74, 6) is 0.180. The molecule has 1 aromatic heterocycles. The van der Waals surface area contributed by atoms with Gasteiger partial charge in [-0.15, -0.1) is 11.3 Å². The Bertz CT molecular complexity index is 369. The highest BCUT2D eigenvalue weighted by Crippen LogP contribution is 2.18. The van der Waals surface area contributed by atoms with Crippen LogP contribution in [0, 0.1) is 6.92 Å². The molecule has 1 aliphatic heterocycles. The van der Waals surface area contributed by atoms with E-state index in [0.717, 1.165) is 12.8 Å². The van der Waals surface area contributed by atoms with Crippen molar-refractivity contribution in [1.29, 1.82) is 0 Å². The average Bonchev–Trinajstić information content (AvgIpc) is 2.60. The Morgan fingerprint density at radius 1 is 1.62 bits per heavy atom. The number of likely N-dealkylation sites (tertiary alicyclic amines) is 1. The van der Waals surface area contributed by atoms with Gasteiger partial charge in [-0.25, -0.2) is 0 Å². The van der Waals surface area contributed by atoms with Crippen molar-refractivity contribution in [2.45, 2.75) is 32.3 Å². The fourth-order valence-electron chi connectivity index (χ4n) is 1.88. The lowest BCUT2D eigenvalue weighted by Crippen LogP contribution is -2.53. The first-order valence-electron chi connectivity index (χ1n) is 5.65. The van der Waals surface area contributed by atoms with E-state index in [1.807, 2.05) is 0 Å². The van der Waals surface area contributed by atoms with Crippen LogP contribution < -0.4 is 0 Å². The predicted molar refractivity (Wildman–Crippen MR) is 64.6 cm³/mol. The summed E-state index contributed by atoms with van der Waals surface area (Å²) in [7, 11) is 0. The number of rotatable bonds is 4. The van der Waals surface area contributed by atoms with Gasteiger partial charge in [0.15, 0.2) is 0 Å². The highest BCUT2D eigenvalue weighted by molar-refractivity contribution is 7.10. The van der Waals surface area contributed by atoms with E-state index in [1.54, 1.807) is 16.2 Å². The number of hydrogen-bond donors (Lipinski definition) is 1. The SMILES string of the molecule is Cc1ccsc1CCCC(=O)N1CC(O)C1. The molecule has 16 heavy (non-hydrogen) atoms. The van der Waals surface area contributed by atoms with Crippen LogP contribution in [-0.2, 0) is 11.2 Å². The summed E-state index contributed by atoms with van der Waals surface area (Å²) in [6, 6.07) is 2.12. The molecule has 0 aromatic carbocycles. The zero-order valence-electron chi connectivity index (χ0n) is 9.48.